The number of fused-ring (bicyclic) bond motifs is 3. The second-order valence-electron chi connectivity index (χ2n) is 10.4. The molecule has 5 nitrogen and oxygen atoms in total. The van der Waals surface area contributed by atoms with Gasteiger partial charge in [-0.15, -0.1) is 0 Å². The number of aromatic nitrogens is 1. The van der Waals surface area contributed by atoms with Gasteiger partial charge in [0.15, 0.2) is 0 Å². The van der Waals surface area contributed by atoms with E-state index in [1.54, 1.807) is 7.05 Å². The Kier molecular flexibility index (Phi) is 6.56. The van der Waals surface area contributed by atoms with E-state index in [2.05, 4.69) is 21.6 Å². The molecule has 2 unspecified atom stereocenters. The zero-order chi connectivity index (χ0) is 22.1. The van der Waals surface area contributed by atoms with Gasteiger partial charge in [0.25, 0.3) is 5.91 Å². The lowest BCUT2D eigenvalue weighted by Crippen LogP contribution is -2.52. The third-order valence-electron chi connectivity index (χ3n) is 8.30. The van der Waals surface area contributed by atoms with E-state index >= 15 is 0 Å². The molecule has 3 heterocycles. The molecule has 3 aliphatic rings. The van der Waals surface area contributed by atoms with Crippen molar-refractivity contribution >= 4 is 16.8 Å². The van der Waals surface area contributed by atoms with Gasteiger partial charge < -0.3 is 4.57 Å². The van der Waals surface area contributed by atoms with Crippen LogP contribution in [-0.2, 0) is 11.4 Å². The molecular formula is C27H39N3O2. The number of amides is 1. The molecule has 0 N–H and O–H groups in total. The fraction of sp³-hybridized carbons (Fsp3) is 0.667. The van der Waals surface area contributed by atoms with Gasteiger partial charge in [-0.1, -0.05) is 50.3 Å². The summed E-state index contributed by atoms with van der Waals surface area (Å²) < 4.78 is 2.27. The van der Waals surface area contributed by atoms with Crippen molar-refractivity contribution in [3.8, 4) is 0 Å². The van der Waals surface area contributed by atoms with Crippen LogP contribution < -0.4 is 0 Å². The highest BCUT2D eigenvalue weighted by molar-refractivity contribution is 6.06. The Morgan fingerprint density at radius 2 is 1.75 bits per heavy atom. The zero-order valence-electron chi connectivity index (χ0n) is 19.8. The molecule has 1 saturated carbocycles. The van der Waals surface area contributed by atoms with E-state index in [4.69, 9.17) is 4.84 Å². The maximum atomic E-state index is 12.8. The van der Waals surface area contributed by atoms with E-state index < -0.39 is 0 Å². The lowest BCUT2D eigenvalue weighted by Gasteiger charge is -2.49. The first-order chi connectivity index (χ1) is 15.6. The minimum absolute atomic E-state index is 0.0924. The molecule has 1 aromatic heterocycles. The number of carbonyl (C=O) groups excluding carboxylic acids is 1. The Labute approximate surface area is 192 Å². The molecular weight excluding hydrogens is 398 g/mol. The van der Waals surface area contributed by atoms with Crippen LogP contribution in [0.15, 0.2) is 30.5 Å². The standard InChI is InChI=1S/C27H39N3O2/c1-28(32-2)27(31)25-19-29(26-10-4-3-9-24(25)26)15-6-16-30-22-7-5-8-23(30)18-21(17-22)14-13-20-11-12-20/h3-4,9-10,19-23H,5-8,11-18H2,1-2H3. The van der Waals surface area contributed by atoms with Crippen molar-refractivity contribution in [3.63, 3.8) is 0 Å². The first-order valence-corrected chi connectivity index (χ1v) is 12.8. The molecule has 32 heavy (non-hydrogen) atoms. The third kappa shape index (κ3) is 4.60. The van der Waals surface area contributed by atoms with Gasteiger partial charge in [-0.3, -0.25) is 14.5 Å². The van der Waals surface area contributed by atoms with Crippen LogP contribution >= 0.6 is 0 Å². The van der Waals surface area contributed by atoms with Crippen LogP contribution in [0.5, 0.6) is 0 Å². The molecule has 2 atom stereocenters. The molecule has 2 bridgehead atoms. The molecule has 174 valence electrons. The number of carbonyl (C=O) groups is 1. The molecule has 1 aliphatic carbocycles. The van der Waals surface area contributed by atoms with Gasteiger partial charge in [0.05, 0.1) is 12.7 Å². The number of hydroxylamine groups is 2. The van der Waals surface area contributed by atoms with Gasteiger partial charge in [0.1, 0.15) is 0 Å². The van der Waals surface area contributed by atoms with E-state index in [0.29, 0.717) is 0 Å². The van der Waals surface area contributed by atoms with Crippen molar-refractivity contribution in [3.05, 3.63) is 36.0 Å². The number of benzene rings is 1. The van der Waals surface area contributed by atoms with Crippen LogP contribution in [0.3, 0.4) is 0 Å². The predicted molar refractivity (Wildman–Crippen MR) is 128 cm³/mol. The molecule has 0 radical (unpaired) electrons. The predicted octanol–water partition coefficient (Wildman–Crippen LogP) is 5.49. The van der Waals surface area contributed by atoms with E-state index in [-0.39, 0.29) is 5.91 Å². The number of aryl methyl sites for hydroxylation is 1. The fourth-order valence-electron chi connectivity index (χ4n) is 6.35. The lowest BCUT2D eigenvalue weighted by atomic mass is 9.76. The topological polar surface area (TPSA) is 37.7 Å². The Balaban J connectivity index is 1.22. The number of nitrogens with zero attached hydrogens (tertiary/aromatic N) is 3. The number of para-hydroxylation sites is 1. The van der Waals surface area contributed by atoms with Crippen molar-refractivity contribution < 1.29 is 9.63 Å². The van der Waals surface area contributed by atoms with Gasteiger partial charge >= 0.3 is 0 Å². The molecule has 3 fully saturated rings. The molecule has 2 saturated heterocycles. The summed E-state index contributed by atoms with van der Waals surface area (Å²) in [6.07, 6.45) is 16.2. The zero-order valence-corrected chi connectivity index (χ0v) is 19.8. The molecule has 2 aliphatic heterocycles. The van der Waals surface area contributed by atoms with Crippen LogP contribution in [0.25, 0.3) is 10.9 Å². The van der Waals surface area contributed by atoms with Crippen molar-refractivity contribution in [2.24, 2.45) is 11.8 Å². The SMILES string of the molecule is CON(C)C(=O)c1cn(CCCN2C3CCCC2CC(CCC2CC2)C3)c2ccccc12. The highest BCUT2D eigenvalue weighted by atomic mass is 16.7. The number of hydrogen-bond acceptors (Lipinski definition) is 3. The van der Waals surface area contributed by atoms with Crippen molar-refractivity contribution in [2.45, 2.75) is 82.8 Å². The van der Waals surface area contributed by atoms with E-state index in [9.17, 15) is 4.79 Å². The summed E-state index contributed by atoms with van der Waals surface area (Å²) in [5.74, 6) is 1.96. The average molecular weight is 438 g/mol. The summed E-state index contributed by atoms with van der Waals surface area (Å²) in [4.78, 5) is 20.8. The second-order valence-corrected chi connectivity index (χ2v) is 10.4. The summed E-state index contributed by atoms with van der Waals surface area (Å²) in [6.45, 7) is 2.13. The Hall–Kier alpha value is -1.85. The lowest BCUT2D eigenvalue weighted by molar-refractivity contribution is -0.0755. The van der Waals surface area contributed by atoms with Gasteiger partial charge in [-0.05, 0) is 50.0 Å². The first kappa shape index (κ1) is 22.0. The highest BCUT2D eigenvalue weighted by Gasteiger charge is 2.38. The minimum atomic E-state index is -0.0924. The van der Waals surface area contributed by atoms with Crippen molar-refractivity contribution in [1.82, 2.24) is 14.5 Å². The monoisotopic (exact) mass is 437 g/mol. The summed E-state index contributed by atoms with van der Waals surface area (Å²) in [7, 11) is 3.20. The van der Waals surface area contributed by atoms with E-state index in [0.717, 1.165) is 53.4 Å². The normalized spacial score (nSPS) is 25.9. The smallest absolute Gasteiger partial charge is 0.279 e. The minimum Gasteiger partial charge on any atom is -0.347 e. The Morgan fingerprint density at radius 1 is 1.03 bits per heavy atom. The summed E-state index contributed by atoms with van der Waals surface area (Å²) in [5.41, 5.74) is 1.86. The maximum Gasteiger partial charge on any atom is 0.279 e. The maximum absolute atomic E-state index is 12.8. The molecule has 5 heteroatoms. The van der Waals surface area contributed by atoms with E-state index in [1.165, 1.54) is 76.5 Å². The van der Waals surface area contributed by atoms with Crippen LogP contribution in [-0.4, -0.2) is 53.2 Å². The average Bonchev–Trinajstić information content (AvgIpc) is 3.57. The van der Waals surface area contributed by atoms with Crippen LogP contribution in [0.2, 0.25) is 0 Å². The fourth-order valence-corrected chi connectivity index (χ4v) is 6.35. The number of piperidine rings is 2. The van der Waals surface area contributed by atoms with Gasteiger partial charge in [-0.25, -0.2) is 5.06 Å². The summed E-state index contributed by atoms with van der Waals surface area (Å²) >= 11 is 0. The van der Waals surface area contributed by atoms with Gasteiger partial charge in [0.2, 0.25) is 0 Å². The summed E-state index contributed by atoms with van der Waals surface area (Å²) in [5, 5.41) is 2.32. The molecule has 0 spiro atoms. The Bertz CT molecular complexity index is 920. The second kappa shape index (κ2) is 9.56. The molecule has 2 aromatic rings. The number of rotatable bonds is 9. The first-order valence-electron chi connectivity index (χ1n) is 12.8. The van der Waals surface area contributed by atoms with Gasteiger partial charge in [-0.2, -0.15) is 0 Å². The molecule has 1 aromatic carbocycles. The van der Waals surface area contributed by atoms with Crippen molar-refractivity contribution in [1.29, 1.82) is 0 Å². The highest BCUT2D eigenvalue weighted by Crippen LogP contribution is 2.41. The van der Waals surface area contributed by atoms with E-state index in [1.807, 2.05) is 18.3 Å². The van der Waals surface area contributed by atoms with Crippen LogP contribution in [0.1, 0.15) is 74.6 Å². The largest absolute Gasteiger partial charge is 0.347 e. The van der Waals surface area contributed by atoms with Crippen LogP contribution in [0.4, 0.5) is 0 Å². The van der Waals surface area contributed by atoms with Crippen molar-refractivity contribution in [2.75, 3.05) is 20.7 Å². The number of hydrogen-bond donors (Lipinski definition) is 0. The third-order valence-corrected chi connectivity index (χ3v) is 8.30. The quantitative estimate of drug-likeness (QED) is 0.487. The van der Waals surface area contributed by atoms with Crippen LogP contribution in [0, 0.1) is 11.8 Å². The molecule has 1 amide bonds. The summed E-state index contributed by atoms with van der Waals surface area (Å²) in [6, 6.07) is 9.84. The molecule has 5 rings (SSSR count). The Morgan fingerprint density at radius 3 is 2.47 bits per heavy atom. The van der Waals surface area contributed by atoms with Gasteiger partial charge in [0, 0.05) is 49.3 Å².